The maximum absolute atomic E-state index is 12.6. The van der Waals surface area contributed by atoms with Crippen LogP contribution in [0.3, 0.4) is 0 Å². The molecule has 9 heteroatoms. The zero-order valence-electron chi connectivity index (χ0n) is 13.9. The monoisotopic (exact) mass is 369 g/mol. The van der Waals surface area contributed by atoms with E-state index in [0.29, 0.717) is 22.9 Å². The molecule has 0 aliphatic heterocycles. The van der Waals surface area contributed by atoms with Crippen LogP contribution in [0.4, 0.5) is 5.00 Å². The fourth-order valence-corrected chi connectivity index (χ4v) is 4.19. The number of carbonyl (C=O) groups excluding carboxylic acids is 1. The van der Waals surface area contributed by atoms with E-state index in [0.717, 1.165) is 0 Å². The maximum atomic E-state index is 12.6. The highest BCUT2D eigenvalue weighted by Crippen LogP contribution is 2.27. The van der Waals surface area contributed by atoms with E-state index in [9.17, 15) is 13.2 Å². The Kier molecular flexibility index (Phi) is 5.45. The third-order valence-electron chi connectivity index (χ3n) is 3.32. The number of hydrogen-bond donors (Lipinski definition) is 1. The van der Waals surface area contributed by atoms with Crippen molar-refractivity contribution >= 4 is 32.3 Å². The Balaban J connectivity index is 2.44. The second-order valence-corrected chi connectivity index (χ2v) is 7.69. The number of sulfonamides is 1. The summed E-state index contributed by atoms with van der Waals surface area (Å²) in [5, 5.41) is 0.480. The number of carbonyl (C=O) groups is 1. The van der Waals surface area contributed by atoms with Gasteiger partial charge in [0, 0.05) is 14.1 Å². The molecule has 2 rings (SSSR count). The molecule has 2 aromatic rings. The molecular weight excluding hydrogens is 350 g/mol. The normalized spacial score (nSPS) is 11.2. The van der Waals surface area contributed by atoms with Crippen LogP contribution in [0.5, 0.6) is 5.75 Å². The van der Waals surface area contributed by atoms with Gasteiger partial charge in [-0.15, -0.1) is 11.3 Å². The summed E-state index contributed by atoms with van der Waals surface area (Å²) >= 11 is 1.22. The topological polar surface area (TPSA) is 88.6 Å². The third kappa shape index (κ3) is 3.68. The average Bonchev–Trinajstić information content (AvgIpc) is 2.99. The van der Waals surface area contributed by atoms with Crippen LogP contribution >= 0.6 is 11.3 Å². The first-order chi connectivity index (χ1) is 11.3. The molecule has 0 spiro atoms. The van der Waals surface area contributed by atoms with Crippen LogP contribution in [-0.4, -0.2) is 45.4 Å². The fraction of sp³-hybridized carbons (Fsp3) is 0.333. The second kappa shape index (κ2) is 7.18. The Labute approximate surface area is 145 Å². The lowest BCUT2D eigenvalue weighted by Gasteiger charge is -2.15. The molecule has 0 saturated heterocycles. The summed E-state index contributed by atoms with van der Waals surface area (Å²) in [5.74, 6) is -0.0179. The highest BCUT2D eigenvalue weighted by Gasteiger charge is 2.22. The molecule has 0 aliphatic carbocycles. The van der Waals surface area contributed by atoms with Gasteiger partial charge in [-0.1, -0.05) is 6.92 Å². The molecule has 7 nitrogen and oxygen atoms in total. The van der Waals surface area contributed by atoms with E-state index >= 15 is 0 Å². The summed E-state index contributed by atoms with van der Waals surface area (Å²) < 4.78 is 32.9. The minimum atomic E-state index is -3.83. The molecule has 1 N–H and O–H groups in total. The van der Waals surface area contributed by atoms with Crippen molar-refractivity contribution in [2.24, 2.45) is 0 Å². The van der Waals surface area contributed by atoms with Crippen molar-refractivity contribution in [3.63, 3.8) is 0 Å². The summed E-state index contributed by atoms with van der Waals surface area (Å²) in [6.45, 7) is 1.90. The van der Waals surface area contributed by atoms with Crippen LogP contribution < -0.4 is 9.46 Å². The highest BCUT2D eigenvalue weighted by molar-refractivity contribution is 7.93. The number of ether oxygens (including phenoxy) is 1. The Bertz CT molecular complexity index is 844. The molecule has 0 atom stereocenters. The number of hydrogen-bond acceptors (Lipinski definition) is 6. The van der Waals surface area contributed by atoms with Crippen LogP contribution in [0.15, 0.2) is 28.6 Å². The minimum Gasteiger partial charge on any atom is -0.496 e. The molecule has 0 unspecified atom stereocenters. The molecule has 1 heterocycles. The van der Waals surface area contributed by atoms with Crippen molar-refractivity contribution in [1.82, 2.24) is 9.88 Å². The number of nitrogens with zero attached hydrogens (tertiary/aromatic N) is 2. The van der Waals surface area contributed by atoms with Gasteiger partial charge in [0.05, 0.1) is 28.8 Å². The van der Waals surface area contributed by atoms with Gasteiger partial charge in [0.15, 0.2) is 0 Å². The molecule has 1 aromatic heterocycles. The van der Waals surface area contributed by atoms with Gasteiger partial charge in [-0.3, -0.25) is 9.52 Å². The number of benzene rings is 1. The predicted molar refractivity (Wildman–Crippen MR) is 93.3 cm³/mol. The first kappa shape index (κ1) is 18.2. The van der Waals surface area contributed by atoms with E-state index in [2.05, 4.69) is 9.71 Å². The van der Waals surface area contributed by atoms with Crippen molar-refractivity contribution in [1.29, 1.82) is 0 Å². The molecule has 0 radical (unpaired) electrons. The number of anilines is 1. The third-order valence-corrected chi connectivity index (χ3v) is 5.58. The fourth-order valence-electron chi connectivity index (χ4n) is 2.05. The highest BCUT2D eigenvalue weighted by atomic mass is 32.2. The molecule has 130 valence electrons. The van der Waals surface area contributed by atoms with E-state index in [1.807, 2.05) is 6.92 Å². The molecule has 0 saturated carbocycles. The zero-order chi connectivity index (χ0) is 17.9. The maximum Gasteiger partial charge on any atom is 0.262 e. The summed E-state index contributed by atoms with van der Waals surface area (Å²) in [4.78, 5) is 17.7. The molecule has 0 fully saturated rings. The molecule has 24 heavy (non-hydrogen) atoms. The van der Waals surface area contributed by atoms with Crippen LogP contribution in [0.1, 0.15) is 23.0 Å². The number of methoxy groups -OCH3 is 1. The number of amides is 1. The standard InChI is InChI=1S/C15H19N3O4S2/c1-5-12-14(23-9-16-12)17-24(20,21)10-6-7-13(22-4)11(8-10)15(19)18(2)3/h6-9,17H,5H2,1-4H3. The van der Waals surface area contributed by atoms with Gasteiger partial charge in [0.1, 0.15) is 10.8 Å². The lowest BCUT2D eigenvalue weighted by molar-refractivity contribution is 0.0824. The van der Waals surface area contributed by atoms with Crippen LogP contribution in [0.2, 0.25) is 0 Å². The van der Waals surface area contributed by atoms with Crippen molar-refractivity contribution < 1.29 is 17.9 Å². The van der Waals surface area contributed by atoms with Crippen molar-refractivity contribution in [2.45, 2.75) is 18.2 Å². The Morgan fingerprint density at radius 2 is 2.08 bits per heavy atom. The lowest BCUT2D eigenvalue weighted by atomic mass is 10.2. The number of nitrogens with one attached hydrogen (secondary N) is 1. The number of rotatable bonds is 6. The summed E-state index contributed by atoms with van der Waals surface area (Å²) in [5.41, 5.74) is 2.46. The van der Waals surface area contributed by atoms with E-state index in [-0.39, 0.29) is 16.4 Å². The van der Waals surface area contributed by atoms with Crippen molar-refractivity contribution in [2.75, 3.05) is 25.9 Å². The second-order valence-electron chi connectivity index (χ2n) is 5.15. The Morgan fingerprint density at radius 1 is 1.38 bits per heavy atom. The van der Waals surface area contributed by atoms with Gasteiger partial charge < -0.3 is 9.64 Å². The van der Waals surface area contributed by atoms with Crippen LogP contribution in [-0.2, 0) is 16.4 Å². The van der Waals surface area contributed by atoms with Crippen molar-refractivity contribution in [3.05, 3.63) is 35.0 Å². The number of thiazole rings is 1. The van der Waals surface area contributed by atoms with Crippen LogP contribution in [0.25, 0.3) is 0 Å². The van der Waals surface area contributed by atoms with Crippen molar-refractivity contribution in [3.8, 4) is 5.75 Å². The predicted octanol–water partition coefficient (Wildman–Crippen LogP) is 2.22. The Hall–Kier alpha value is -2.13. The Morgan fingerprint density at radius 3 is 2.67 bits per heavy atom. The average molecular weight is 369 g/mol. The van der Waals surface area contributed by atoms with E-state index in [1.54, 1.807) is 19.6 Å². The molecule has 1 aromatic carbocycles. The van der Waals surface area contributed by atoms with Gasteiger partial charge in [-0.25, -0.2) is 13.4 Å². The zero-order valence-corrected chi connectivity index (χ0v) is 15.5. The molecule has 0 bridgehead atoms. The lowest BCUT2D eigenvalue weighted by Crippen LogP contribution is -2.23. The SMILES string of the molecule is CCc1ncsc1NS(=O)(=O)c1ccc(OC)c(C(=O)N(C)C)c1. The molecule has 1 amide bonds. The van der Waals surface area contributed by atoms with E-state index in [4.69, 9.17) is 4.74 Å². The summed E-state index contributed by atoms with van der Waals surface area (Å²) in [6, 6.07) is 4.19. The number of aryl methyl sites for hydroxylation is 1. The quantitative estimate of drug-likeness (QED) is 0.843. The van der Waals surface area contributed by atoms with Gasteiger partial charge in [-0.05, 0) is 24.6 Å². The first-order valence-corrected chi connectivity index (χ1v) is 9.51. The summed E-state index contributed by atoms with van der Waals surface area (Å²) in [7, 11) is 0.780. The van der Waals surface area contributed by atoms with Gasteiger partial charge in [0.25, 0.3) is 15.9 Å². The smallest absolute Gasteiger partial charge is 0.262 e. The first-order valence-electron chi connectivity index (χ1n) is 7.15. The van der Waals surface area contributed by atoms with Gasteiger partial charge >= 0.3 is 0 Å². The molecular formula is C15H19N3O4S2. The summed E-state index contributed by atoms with van der Waals surface area (Å²) in [6.07, 6.45) is 0.619. The van der Waals surface area contributed by atoms with Gasteiger partial charge in [-0.2, -0.15) is 0 Å². The largest absolute Gasteiger partial charge is 0.496 e. The van der Waals surface area contributed by atoms with E-state index in [1.165, 1.54) is 41.5 Å². The number of aromatic nitrogens is 1. The molecule has 0 aliphatic rings. The van der Waals surface area contributed by atoms with E-state index < -0.39 is 10.0 Å². The minimum absolute atomic E-state index is 0.0102. The van der Waals surface area contributed by atoms with Gasteiger partial charge in [0.2, 0.25) is 0 Å². The van der Waals surface area contributed by atoms with Crippen LogP contribution in [0, 0.1) is 0 Å².